The van der Waals surface area contributed by atoms with Gasteiger partial charge in [0.1, 0.15) is 5.60 Å². The fourth-order valence-corrected chi connectivity index (χ4v) is 1.70. The lowest BCUT2D eigenvalue weighted by atomic mass is 10.1. The predicted molar refractivity (Wildman–Crippen MR) is 70.5 cm³/mol. The molecule has 0 bridgehead atoms. The first-order valence-electron chi connectivity index (χ1n) is 5.83. The lowest BCUT2D eigenvalue weighted by molar-refractivity contribution is 0.0132. The molecule has 5 heteroatoms. The molecule has 96 valence electrons. The van der Waals surface area contributed by atoms with Crippen molar-refractivity contribution in [1.82, 2.24) is 10.2 Å². The Balaban J connectivity index is 2.32. The third kappa shape index (κ3) is 2.57. The summed E-state index contributed by atoms with van der Waals surface area (Å²) in [5, 5.41) is 31.9. The smallest absolute Gasteiger partial charge is 0.156 e. The minimum absolute atomic E-state index is 0.214. The molecule has 1 unspecified atom stereocenters. The number of nitrogens with one attached hydrogen (secondary N) is 1. The summed E-state index contributed by atoms with van der Waals surface area (Å²) in [4.78, 5) is 0. The molecule has 0 fully saturated rings. The summed E-state index contributed by atoms with van der Waals surface area (Å²) in [5.41, 5.74) is -0.307. The van der Waals surface area contributed by atoms with Crippen molar-refractivity contribution in [2.45, 2.75) is 19.4 Å². The van der Waals surface area contributed by atoms with Gasteiger partial charge in [0.2, 0.25) is 0 Å². The first-order valence-corrected chi connectivity index (χ1v) is 5.83. The Bertz CT molecular complexity index is 555. The predicted octanol–water partition coefficient (Wildman–Crippen LogP) is 1.09. The van der Waals surface area contributed by atoms with Gasteiger partial charge < -0.3 is 15.5 Å². The van der Waals surface area contributed by atoms with Crippen molar-refractivity contribution >= 4 is 16.6 Å². The highest BCUT2D eigenvalue weighted by molar-refractivity contribution is 5.92. The molecular weight excluding hydrogens is 230 g/mol. The van der Waals surface area contributed by atoms with Crippen LogP contribution in [0.15, 0.2) is 24.3 Å². The standard InChI is InChI=1S/C13H17N3O2/c1-9-10-5-3-4-6-11(10)12(16-15-9)14-7-13(2,18)8-17/h3-6,17-18H,7-8H2,1-2H3,(H,14,16). The third-order valence-corrected chi connectivity index (χ3v) is 2.85. The summed E-state index contributed by atoms with van der Waals surface area (Å²) >= 11 is 0. The van der Waals surface area contributed by atoms with E-state index in [9.17, 15) is 5.11 Å². The largest absolute Gasteiger partial charge is 0.393 e. The summed E-state index contributed by atoms with van der Waals surface area (Å²) in [6.07, 6.45) is 0. The molecule has 0 radical (unpaired) electrons. The van der Waals surface area contributed by atoms with Crippen molar-refractivity contribution in [3.8, 4) is 0 Å². The monoisotopic (exact) mass is 247 g/mol. The van der Waals surface area contributed by atoms with E-state index in [4.69, 9.17) is 5.11 Å². The number of hydrogen-bond acceptors (Lipinski definition) is 5. The zero-order valence-corrected chi connectivity index (χ0v) is 10.5. The molecule has 0 aliphatic rings. The molecule has 2 aromatic rings. The maximum absolute atomic E-state index is 9.75. The van der Waals surface area contributed by atoms with E-state index in [2.05, 4.69) is 15.5 Å². The molecule has 0 aliphatic carbocycles. The van der Waals surface area contributed by atoms with E-state index < -0.39 is 5.60 Å². The van der Waals surface area contributed by atoms with E-state index in [0.717, 1.165) is 16.5 Å². The van der Waals surface area contributed by atoms with Crippen molar-refractivity contribution in [2.24, 2.45) is 0 Å². The van der Waals surface area contributed by atoms with Crippen LogP contribution in [0.25, 0.3) is 10.8 Å². The molecule has 0 amide bonds. The van der Waals surface area contributed by atoms with Crippen LogP contribution in [0.2, 0.25) is 0 Å². The number of aliphatic hydroxyl groups excluding tert-OH is 1. The van der Waals surface area contributed by atoms with Crippen molar-refractivity contribution in [1.29, 1.82) is 0 Å². The Morgan fingerprint density at radius 3 is 2.56 bits per heavy atom. The number of anilines is 1. The van der Waals surface area contributed by atoms with E-state index in [1.165, 1.54) is 0 Å². The second-order valence-corrected chi connectivity index (χ2v) is 4.69. The Hall–Kier alpha value is -1.72. The van der Waals surface area contributed by atoms with Gasteiger partial charge in [0, 0.05) is 17.3 Å². The Kier molecular flexibility index (Phi) is 3.45. The number of rotatable bonds is 4. The van der Waals surface area contributed by atoms with E-state index >= 15 is 0 Å². The molecule has 1 aromatic heterocycles. The minimum atomic E-state index is -1.17. The third-order valence-electron chi connectivity index (χ3n) is 2.85. The lowest BCUT2D eigenvalue weighted by Gasteiger charge is -2.21. The quantitative estimate of drug-likeness (QED) is 0.754. The van der Waals surface area contributed by atoms with Crippen molar-refractivity contribution in [2.75, 3.05) is 18.5 Å². The van der Waals surface area contributed by atoms with Gasteiger partial charge in [-0.1, -0.05) is 24.3 Å². The molecule has 1 aromatic carbocycles. The van der Waals surface area contributed by atoms with Crippen LogP contribution in [0.3, 0.4) is 0 Å². The van der Waals surface area contributed by atoms with Crippen LogP contribution in [-0.2, 0) is 0 Å². The van der Waals surface area contributed by atoms with Gasteiger partial charge in [-0.05, 0) is 13.8 Å². The zero-order valence-electron chi connectivity index (χ0n) is 10.5. The SMILES string of the molecule is Cc1nnc(NCC(C)(O)CO)c2ccccc12. The maximum Gasteiger partial charge on any atom is 0.156 e. The molecule has 1 heterocycles. The average molecular weight is 247 g/mol. The number of nitrogens with zero attached hydrogens (tertiary/aromatic N) is 2. The van der Waals surface area contributed by atoms with Crippen LogP contribution in [-0.4, -0.2) is 39.2 Å². The van der Waals surface area contributed by atoms with E-state index in [-0.39, 0.29) is 13.2 Å². The van der Waals surface area contributed by atoms with Gasteiger partial charge in [0.05, 0.1) is 12.3 Å². The fourth-order valence-electron chi connectivity index (χ4n) is 1.70. The summed E-state index contributed by atoms with van der Waals surface area (Å²) in [6.45, 7) is 3.37. The van der Waals surface area contributed by atoms with Crippen molar-refractivity contribution < 1.29 is 10.2 Å². The van der Waals surface area contributed by atoms with E-state index in [1.54, 1.807) is 6.92 Å². The van der Waals surface area contributed by atoms with Gasteiger partial charge in [0.15, 0.2) is 5.82 Å². The maximum atomic E-state index is 9.75. The van der Waals surface area contributed by atoms with Crippen LogP contribution in [0, 0.1) is 6.92 Å². The Morgan fingerprint density at radius 2 is 1.89 bits per heavy atom. The topological polar surface area (TPSA) is 78.3 Å². The zero-order chi connectivity index (χ0) is 13.2. The highest BCUT2D eigenvalue weighted by Crippen LogP contribution is 2.22. The van der Waals surface area contributed by atoms with Gasteiger partial charge in [-0.3, -0.25) is 0 Å². The van der Waals surface area contributed by atoms with Gasteiger partial charge in [-0.15, -0.1) is 5.10 Å². The van der Waals surface area contributed by atoms with Crippen molar-refractivity contribution in [3.63, 3.8) is 0 Å². The number of aryl methyl sites for hydroxylation is 1. The molecule has 1 atom stereocenters. The van der Waals surface area contributed by atoms with Crippen LogP contribution in [0.4, 0.5) is 5.82 Å². The number of hydrogen-bond donors (Lipinski definition) is 3. The highest BCUT2D eigenvalue weighted by Gasteiger charge is 2.19. The van der Waals surface area contributed by atoms with Gasteiger partial charge in [-0.25, -0.2) is 0 Å². The summed E-state index contributed by atoms with van der Waals surface area (Å²) < 4.78 is 0. The molecule has 0 aliphatic heterocycles. The normalized spacial score (nSPS) is 14.4. The second kappa shape index (κ2) is 4.88. The van der Waals surface area contributed by atoms with E-state index in [1.807, 2.05) is 31.2 Å². The molecule has 18 heavy (non-hydrogen) atoms. The number of aliphatic hydroxyl groups is 2. The molecular formula is C13H17N3O2. The summed E-state index contributed by atoms with van der Waals surface area (Å²) in [6, 6.07) is 7.81. The number of fused-ring (bicyclic) bond motifs is 1. The Labute approximate surface area is 105 Å². The van der Waals surface area contributed by atoms with Crippen LogP contribution in [0.1, 0.15) is 12.6 Å². The molecule has 5 nitrogen and oxygen atoms in total. The van der Waals surface area contributed by atoms with Crippen LogP contribution in [0.5, 0.6) is 0 Å². The molecule has 0 saturated heterocycles. The Morgan fingerprint density at radius 1 is 1.22 bits per heavy atom. The average Bonchev–Trinajstić information content (AvgIpc) is 2.38. The summed E-state index contributed by atoms with van der Waals surface area (Å²) in [5.74, 6) is 0.616. The highest BCUT2D eigenvalue weighted by atomic mass is 16.3. The number of aromatic nitrogens is 2. The first-order chi connectivity index (χ1) is 8.53. The van der Waals surface area contributed by atoms with E-state index in [0.29, 0.717) is 5.82 Å². The first kappa shape index (κ1) is 12.7. The molecule has 2 rings (SSSR count). The molecule has 0 saturated carbocycles. The van der Waals surface area contributed by atoms with Crippen LogP contribution >= 0.6 is 0 Å². The molecule has 3 N–H and O–H groups in total. The van der Waals surface area contributed by atoms with Crippen molar-refractivity contribution in [3.05, 3.63) is 30.0 Å². The lowest BCUT2D eigenvalue weighted by Crippen LogP contribution is -2.37. The van der Waals surface area contributed by atoms with Crippen LogP contribution < -0.4 is 5.32 Å². The molecule has 0 spiro atoms. The fraction of sp³-hybridized carbons (Fsp3) is 0.385. The van der Waals surface area contributed by atoms with Gasteiger partial charge in [-0.2, -0.15) is 5.10 Å². The minimum Gasteiger partial charge on any atom is -0.393 e. The van der Waals surface area contributed by atoms with Gasteiger partial charge in [0.25, 0.3) is 0 Å². The second-order valence-electron chi connectivity index (χ2n) is 4.69. The summed E-state index contributed by atoms with van der Waals surface area (Å²) in [7, 11) is 0. The van der Waals surface area contributed by atoms with Gasteiger partial charge >= 0.3 is 0 Å². The number of benzene rings is 1.